The van der Waals surface area contributed by atoms with Gasteiger partial charge in [0.2, 0.25) is 0 Å². The van der Waals surface area contributed by atoms with Crippen molar-refractivity contribution in [2.24, 2.45) is 0 Å². The molecule has 0 aromatic heterocycles. The van der Waals surface area contributed by atoms with Crippen LogP contribution < -0.4 is 0 Å². The van der Waals surface area contributed by atoms with Crippen molar-refractivity contribution in [3.63, 3.8) is 0 Å². The van der Waals surface area contributed by atoms with Crippen LogP contribution in [0.3, 0.4) is 0 Å². The first kappa shape index (κ1) is 7.02. The van der Waals surface area contributed by atoms with Gasteiger partial charge < -0.3 is 0 Å². The van der Waals surface area contributed by atoms with Crippen molar-refractivity contribution in [3.05, 3.63) is 6.92 Å². The van der Waals surface area contributed by atoms with Crippen molar-refractivity contribution in [2.45, 2.75) is 30.3 Å². The van der Waals surface area contributed by atoms with E-state index in [4.69, 9.17) is 0 Å². The van der Waals surface area contributed by atoms with Crippen LogP contribution in [0.5, 0.6) is 0 Å². The molecule has 0 aliphatic carbocycles. The predicted molar refractivity (Wildman–Crippen MR) is 43.2 cm³/mol. The zero-order valence-electron chi connectivity index (χ0n) is 5.68. The standard InChI is InChI=1S/C8H11S/c1-3-8-6-4-5-7(2)9-8/h7-8H,1,3,5H2,2H3/t7-,8+/m0/s1. The topological polar surface area (TPSA) is 0 Å². The minimum Gasteiger partial charge on any atom is -0.141 e. The van der Waals surface area contributed by atoms with Crippen molar-refractivity contribution < 1.29 is 0 Å². The normalized spacial score (nSPS) is 33.1. The third kappa shape index (κ3) is 1.95. The molecule has 1 radical (unpaired) electrons. The lowest BCUT2D eigenvalue weighted by molar-refractivity contribution is 0.963. The highest BCUT2D eigenvalue weighted by atomic mass is 32.2. The molecule has 0 aromatic carbocycles. The zero-order valence-corrected chi connectivity index (χ0v) is 6.50. The summed E-state index contributed by atoms with van der Waals surface area (Å²) in [6.45, 7) is 6.04. The number of thioether (sulfide) groups is 1. The van der Waals surface area contributed by atoms with Gasteiger partial charge in [0.05, 0.1) is 5.25 Å². The minimum absolute atomic E-state index is 0.508. The molecule has 1 aliphatic heterocycles. The maximum atomic E-state index is 3.82. The summed E-state index contributed by atoms with van der Waals surface area (Å²) in [4.78, 5) is 0. The summed E-state index contributed by atoms with van der Waals surface area (Å²) in [5.41, 5.74) is 0. The molecule has 1 heterocycles. The maximum Gasteiger partial charge on any atom is 0.0660 e. The van der Waals surface area contributed by atoms with Crippen LogP contribution in [0, 0.1) is 18.8 Å². The molecule has 1 rings (SSSR count). The molecule has 0 nitrogen and oxygen atoms in total. The van der Waals surface area contributed by atoms with Crippen LogP contribution in [-0.2, 0) is 0 Å². The number of hydrogen-bond acceptors (Lipinski definition) is 1. The highest BCUT2D eigenvalue weighted by Crippen LogP contribution is 2.24. The van der Waals surface area contributed by atoms with Gasteiger partial charge in [-0.05, 0) is 6.42 Å². The van der Waals surface area contributed by atoms with Crippen molar-refractivity contribution in [2.75, 3.05) is 0 Å². The van der Waals surface area contributed by atoms with Gasteiger partial charge in [-0.25, -0.2) is 0 Å². The quantitative estimate of drug-likeness (QED) is 0.501. The Morgan fingerprint density at radius 1 is 1.78 bits per heavy atom. The Morgan fingerprint density at radius 3 is 3.00 bits per heavy atom. The monoisotopic (exact) mass is 139 g/mol. The molecule has 0 unspecified atom stereocenters. The third-order valence-corrected chi connectivity index (χ3v) is 2.62. The van der Waals surface area contributed by atoms with Gasteiger partial charge in [0.1, 0.15) is 0 Å². The van der Waals surface area contributed by atoms with Crippen LogP contribution in [0.15, 0.2) is 0 Å². The molecule has 0 saturated carbocycles. The van der Waals surface area contributed by atoms with E-state index in [1.165, 1.54) is 0 Å². The van der Waals surface area contributed by atoms with Crippen LogP contribution in [0.1, 0.15) is 19.8 Å². The van der Waals surface area contributed by atoms with E-state index < -0.39 is 0 Å². The molecule has 0 spiro atoms. The first-order valence-corrected chi connectivity index (χ1v) is 4.20. The lowest BCUT2D eigenvalue weighted by Crippen LogP contribution is -2.08. The fourth-order valence-corrected chi connectivity index (χ4v) is 1.85. The van der Waals surface area contributed by atoms with E-state index >= 15 is 0 Å². The van der Waals surface area contributed by atoms with Crippen molar-refractivity contribution in [1.29, 1.82) is 0 Å². The van der Waals surface area contributed by atoms with Gasteiger partial charge in [0.25, 0.3) is 0 Å². The summed E-state index contributed by atoms with van der Waals surface area (Å²) in [7, 11) is 0. The predicted octanol–water partition coefficient (Wildman–Crippen LogP) is 2.11. The molecule has 0 fully saturated rings. The first-order valence-electron chi connectivity index (χ1n) is 3.26. The van der Waals surface area contributed by atoms with Crippen LogP contribution in [0.25, 0.3) is 0 Å². The molecule has 1 heteroatoms. The van der Waals surface area contributed by atoms with E-state index in [9.17, 15) is 0 Å². The lowest BCUT2D eigenvalue weighted by Gasteiger charge is -2.15. The summed E-state index contributed by atoms with van der Waals surface area (Å²) in [6, 6.07) is 0. The summed E-state index contributed by atoms with van der Waals surface area (Å²) in [5.74, 6) is 6.27. The lowest BCUT2D eigenvalue weighted by atomic mass is 10.2. The van der Waals surface area contributed by atoms with Crippen LogP contribution in [0.2, 0.25) is 0 Å². The second-order valence-corrected chi connectivity index (χ2v) is 3.90. The summed E-state index contributed by atoms with van der Waals surface area (Å²) < 4.78 is 0. The Morgan fingerprint density at radius 2 is 2.56 bits per heavy atom. The molecule has 9 heavy (non-hydrogen) atoms. The Balaban J connectivity index is 2.45. The van der Waals surface area contributed by atoms with Gasteiger partial charge in [-0.2, -0.15) is 0 Å². The highest BCUT2D eigenvalue weighted by Gasteiger charge is 2.11. The fourth-order valence-electron chi connectivity index (χ4n) is 0.819. The van der Waals surface area contributed by atoms with Crippen LogP contribution >= 0.6 is 11.8 Å². The Kier molecular flexibility index (Phi) is 2.48. The van der Waals surface area contributed by atoms with E-state index in [2.05, 4.69) is 25.7 Å². The average Bonchev–Trinajstić information content (AvgIpc) is 1.88. The van der Waals surface area contributed by atoms with Crippen molar-refractivity contribution in [1.82, 2.24) is 0 Å². The largest absolute Gasteiger partial charge is 0.141 e. The second-order valence-electron chi connectivity index (χ2n) is 2.25. The molecule has 49 valence electrons. The summed E-state index contributed by atoms with van der Waals surface area (Å²) in [5, 5.41) is 1.23. The maximum absolute atomic E-state index is 3.82. The van der Waals surface area contributed by atoms with Gasteiger partial charge >= 0.3 is 0 Å². The van der Waals surface area contributed by atoms with Crippen molar-refractivity contribution in [3.8, 4) is 11.8 Å². The molecule has 0 aromatic rings. The SMILES string of the molecule is [CH2]C[C@@H]1C#CC[C@H](C)S1. The molecule has 1 aliphatic rings. The minimum atomic E-state index is 0.508. The average molecular weight is 139 g/mol. The summed E-state index contributed by atoms with van der Waals surface area (Å²) >= 11 is 1.95. The smallest absolute Gasteiger partial charge is 0.0660 e. The molecule has 0 bridgehead atoms. The van der Waals surface area contributed by atoms with E-state index in [0.29, 0.717) is 5.25 Å². The second kappa shape index (κ2) is 3.17. The van der Waals surface area contributed by atoms with Gasteiger partial charge in [-0.15, -0.1) is 17.7 Å². The molecule has 0 N–H and O–H groups in total. The van der Waals surface area contributed by atoms with Crippen LogP contribution in [0.4, 0.5) is 0 Å². The zero-order chi connectivity index (χ0) is 6.69. The Bertz CT molecular complexity index is 140. The number of rotatable bonds is 1. The summed E-state index contributed by atoms with van der Waals surface area (Å²) in [6.07, 6.45) is 2.00. The molecular formula is C8H11S. The van der Waals surface area contributed by atoms with Crippen molar-refractivity contribution >= 4 is 11.8 Å². The van der Waals surface area contributed by atoms with E-state index in [1.807, 2.05) is 11.8 Å². The van der Waals surface area contributed by atoms with E-state index in [0.717, 1.165) is 18.1 Å². The van der Waals surface area contributed by atoms with Gasteiger partial charge in [-0.1, -0.05) is 19.8 Å². The third-order valence-electron chi connectivity index (χ3n) is 1.31. The van der Waals surface area contributed by atoms with Gasteiger partial charge in [0.15, 0.2) is 0 Å². The molecule has 0 saturated heterocycles. The Labute approximate surface area is 61.4 Å². The van der Waals surface area contributed by atoms with E-state index in [1.54, 1.807) is 0 Å². The molecule has 2 atom stereocenters. The highest BCUT2D eigenvalue weighted by molar-refractivity contribution is 8.00. The van der Waals surface area contributed by atoms with E-state index in [-0.39, 0.29) is 0 Å². The van der Waals surface area contributed by atoms with Gasteiger partial charge in [0, 0.05) is 11.7 Å². The fraction of sp³-hybridized carbons (Fsp3) is 0.625. The van der Waals surface area contributed by atoms with Crippen LogP contribution in [-0.4, -0.2) is 10.5 Å². The number of hydrogen-bond donors (Lipinski definition) is 0. The first-order chi connectivity index (χ1) is 4.33. The van der Waals surface area contributed by atoms with Gasteiger partial charge in [-0.3, -0.25) is 0 Å². The Hall–Kier alpha value is -0.0900. The molecular weight excluding hydrogens is 128 g/mol. The molecule has 0 amide bonds.